The predicted octanol–water partition coefficient (Wildman–Crippen LogP) is 1.57. The number of aliphatic hydroxyl groups is 2. The highest BCUT2D eigenvalue weighted by molar-refractivity contribution is 5.84. The van der Waals surface area contributed by atoms with Gasteiger partial charge in [-0.1, -0.05) is 6.58 Å². The molecule has 0 aromatic carbocycles. The largest absolute Gasteiger partial charge is 0.478 e. The van der Waals surface area contributed by atoms with Gasteiger partial charge in [0.15, 0.2) is 0 Å². The van der Waals surface area contributed by atoms with Crippen LogP contribution in [0.5, 0.6) is 0 Å². The predicted molar refractivity (Wildman–Crippen MR) is 67.0 cm³/mol. The Kier molecular flexibility index (Phi) is 3.52. The number of rotatable bonds is 1. The lowest BCUT2D eigenvalue weighted by molar-refractivity contribution is -0.203. The maximum Gasteiger partial charge on any atom is 0.330 e. The van der Waals surface area contributed by atoms with Gasteiger partial charge < -0.3 is 15.3 Å². The van der Waals surface area contributed by atoms with Gasteiger partial charge in [0.2, 0.25) is 0 Å². The van der Waals surface area contributed by atoms with Crippen molar-refractivity contribution in [2.75, 3.05) is 0 Å². The highest BCUT2D eigenvalue weighted by atomic mass is 16.4. The molecule has 0 radical (unpaired) electrons. The second kappa shape index (κ2) is 4.67. The van der Waals surface area contributed by atoms with Crippen LogP contribution in [0.15, 0.2) is 12.2 Å². The highest BCUT2D eigenvalue weighted by Crippen LogP contribution is 2.55. The molecule has 4 aliphatic rings. The van der Waals surface area contributed by atoms with Crippen LogP contribution in [0.4, 0.5) is 0 Å². The van der Waals surface area contributed by atoms with Crippen LogP contribution in [-0.4, -0.2) is 33.0 Å². The van der Waals surface area contributed by atoms with Gasteiger partial charge in [-0.25, -0.2) is 4.79 Å². The van der Waals surface area contributed by atoms with E-state index in [2.05, 4.69) is 6.58 Å². The lowest BCUT2D eigenvalue weighted by atomic mass is 9.53. The number of carbonyl (C=O) groups is 1. The van der Waals surface area contributed by atoms with E-state index in [1.165, 1.54) is 26.2 Å². The molecule has 0 aromatic rings. The van der Waals surface area contributed by atoms with E-state index in [-0.39, 0.29) is 5.57 Å². The van der Waals surface area contributed by atoms with Crippen molar-refractivity contribution >= 4 is 5.97 Å². The summed E-state index contributed by atoms with van der Waals surface area (Å²) in [4.78, 5) is 9.60. The van der Waals surface area contributed by atoms with Crippen molar-refractivity contribution in [2.45, 2.75) is 50.7 Å². The van der Waals surface area contributed by atoms with Gasteiger partial charge in [0.25, 0.3) is 0 Å². The van der Waals surface area contributed by atoms with Crippen molar-refractivity contribution in [3.63, 3.8) is 0 Å². The fraction of sp³-hybridized carbons (Fsp3) is 0.786. The van der Waals surface area contributed by atoms with Crippen molar-refractivity contribution < 1.29 is 20.1 Å². The smallest absolute Gasteiger partial charge is 0.330 e. The van der Waals surface area contributed by atoms with Crippen LogP contribution in [0.2, 0.25) is 0 Å². The zero-order chi connectivity index (χ0) is 13.5. The number of carboxylic acids is 1. The molecule has 3 atom stereocenters. The van der Waals surface area contributed by atoms with Gasteiger partial charge in [-0.05, 0) is 56.8 Å². The van der Waals surface area contributed by atoms with Crippen LogP contribution in [-0.2, 0) is 4.79 Å². The maximum absolute atomic E-state index is 10.1. The summed E-state index contributed by atoms with van der Waals surface area (Å²) in [5.41, 5.74) is -0.510. The monoisotopic (exact) mass is 254 g/mol. The summed E-state index contributed by atoms with van der Waals surface area (Å²) in [7, 11) is 0. The van der Waals surface area contributed by atoms with Crippen LogP contribution in [0, 0.1) is 17.8 Å². The normalized spacial score (nSPS) is 44.2. The Labute approximate surface area is 107 Å². The third-order valence-electron chi connectivity index (χ3n) is 4.59. The lowest BCUT2D eigenvalue weighted by Gasteiger charge is -2.57. The maximum atomic E-state index is 10.1. The Bertz CT molecular complexity index is 337. The van der Waals surface area contributed by atoms with Gasteiger partial charge in [-0.15, -0.1) is 0 Å². The van der Waals surface area contributed by atoms with E-state index in [1.54, 1.807) is 0 Å². The average Bonchev–Trinajstić information content (AvgIpc) is 2.25. The molecule has 4 fully saturated rings. The fourth-order valence-electron chi connectivity index (χ4n) is 3.97. The van der Waals surface area contributed by atoms with Gasteiger partial charge in [0.1, 0.15) is 0 Å². The summed E-state index contributed by atoms with van der Waals surface area (Å²) in [5, 5.41) is 27.8. The Morgan fingerprint density at radius 1 is 1.22 bits per heavy atom. The molecule has 0 heterocycles. The van der Waals surface area contributed by atoms with Crippen molar-refractivity contribution in [1.29, 1.82) is 0 Å². The number of carboxylic acid groups (broad SMARTS) is 1. The molecule has 4 nitrogen and oxygen atoms in total. The molecule has 3 unspecified atom stereocenters. The quantitative estimate of drug-likeness (QED) is 0.621. The summed E-state index contributed by atoms with van der Waals surface area (Å²) in [6.45, 7) is 4.60. The molecule has 3 N–H and O–H groups in total. The molecule has 0 aromatic heterocycles. The fourth-order valence-corrected chi connectivity index (χ4v) is 3.97. The molecule has 4 rings (SSSR count). The Hall–Kier alpha value is -0.870. The number of aliphatic carboxylic acids is 1. The molecule has 4 heteroatoms. The third-order valence-corrected chi connectivity index (χ3v) is 4.59. The molecule has 0 spiro atoms. The van der Waals surface area contributed by atoms with E-state index in [0.717, 1.165) is 24.7 Å². The molecule has 4 bridgehead atoms. The van der Waals surface area contributed by atoms with E-state index in [1.807, 2.05) is 0 Å². The zero-order valence-electron chi connectivity index (χ0n) is 10.8. The topological polar surface area (TPSA) is 77.8 Å². The van der Waals surface area contributed by atoms with Crippen LogP contribution in [0.3, 0.4) is 0 Å². The number of aliphatic hydroxyl groups excluding tert-OH is 1. The van der Waals surface area contributed by atoms with Crippen LogP contribution >= 0.6 is 0 Å². The van der Waals surface area contributed by atoms with E-state index >= 15 is 0 Å². The molecule has 0 aliphatic heterocycles. The SMILES string of the molecule is C=C(C)C(=O)O.OC1C2CC3CC(C2)CC1(O)C3. The first-order valence-electron chi connectivity index (χ1n) is 6.61. The second-order valence-electron chi connectivity index (χ2n) is 6.24. The van der Waals surface area contributed by atoms with Crippen LogP contribution in [0.25, 0.3) is 0 Å². The summed E-state index contributed by atoms with van der Waals surface area (Å²) in [6.07, 6.45) is 4.96. The first kappa shape index (κ1) is 13.6. The molecule has 18 heavy (non-hydrogen) atoms. The first-order chi connectivity index (χ1) is 8.32. The van der Waals surface area contributed by atoms with E-state index in [0.29, 0.717) is 5.92 Å². The van der Waals surface area contributed by atoms with Gasteiger partial charge in [0, 0.05) is 5.57 Å². The molecular weight excluding hydrogens is 232 g/mol. The Balaban J connectivity index is 0.000000174. The summed E-state index contributed by atoms with van der Waals surface area (Å²) in [5.74, 6) is 0.919. The van der Waals surface area contributed by atoms with Crippen molar-refractivity contribution in [3.05, 3.63) is 12.2 Å². The number of hydrogen-bond acceptors (Lipinski definition) is 3. The highest BCUT2D eigenvalue weighted by Gasteiger charge is 2.55. The summed E-state index contributed by atoms with van der Waals surface area (Å²) in [6, 6.07) is 0. The molecule has 0 saturated heterocycles. The Morgan fingerprint density at radius 3 is 2.00 bits per heavy atom. The van der Waals surface area contributed by atoms with Crippen LogP contribution < -0.4 is 0 Å². The molecule has 4 saturated carbocycles. The second-order valence-corrected chi connectivity index (χ2v) is 6.24. The molecule has 0 amide bonds. The van der Waals surface area contributed by atoms with Crippen LogP contribution in [0.1, 0.15) is 39.0 Å². The van der Waals surface area contributed by atoms with Crippen molar-refractivity contribution in [2.24, 2.45) is 17.8 Å². The Morgan fingerprint density at radius 2 is 1.67 bits per heavy atom. The lowest BCUT2D eigenvalue weighted by Crippen LogP contribution is -2.60. The third kappa shape index (κ3) is 2.45. The minimum Gasteiger partial charge on any atom is -0.478 e. The van der Waals surface area contributed by atoms with Gasteiger partial charge in [-0.3, -0.25) is 0 Å². The van der Waals surface area contributed by atoms with Crippen molar-refractivity contribution in [3.8, 4) is 0 Å². The van der Waals surface area contributed by atoms with E-state index in [4.69, 9.17) is 5.11 Å². The van der Waals surface area contributed by atoms with Gasteiger partial charge >= 0.3 is 5.97 Å². The standard InChI is InChI=1S/C10H16O2.C4H6O2/c11-9-8-2-6-1-7(3-8)5-10(9,12)4-6;1-3(2)4(5)6/h6-9,11-12H,1-5H2;1H2,2H3,(H,5,6). The first-order valence-corrected chi connectivity index (χ1v) is 6.61. The van der Waals surface area contributed by atoms with Crippen molar-refractivity contribution in [1.82, 2.24) is 0 Å². The van der Waals surface area contributed by atoms with E-state index in [9.17, 15) is 15.0 Å². The minimum absolute atomic E-state index is 0.176. The molecular formula is C14H22O4. The van der Waals surface area contributed by atoms with Gasteiger partial charge in [0.05, 0.1) is 11.7 Å². The van der Waals surface area contributed by atoms with E-state index < -0.39 is 17.7 Å². The van der Waals surface area contributed by atoms with Gasteiger partial charge in [-0.2, -0.15) is 0 Å². The number of hydrogen-bond donors (Lipinski definition) is 3. The minimum atomic E-state index is -0.935. The molecule has 4 aliphatic carbocycles. The zero-order valence-corrected chi connectivity index (χ0v) is 10.8. The summed E-state index contributed by atoms with van der Waals surface area (Å²) < 4.78 is 0. The average molecular weight is 254 g/mol. The molecule has 102 valence electrons. The summed E-state index contributed by atoms with van der Waals surface area (Å²) >= 11 is 0.